The maximum Gasteiger partial charge on any atom is 0.225 e. The first-order valence-electron chi connectivity index (χ1n) is 9.08. The number of rotatable bonds is 3. The molecule has 0 saturated carbocycles. The number of carbonyl (C=O) groups is 1. The zero-order chi connectivity index (χ0) is 18.0. The number of likely N-dealkylation sites (tertiary alicyclic amines) is 1. The summed E-state index contributed by atoms with van der Waals surface area (Å²) >= 11 is 0. The molecule has 2 aliphatic heterocycles. The molecule has 0 N–H and O–H groups in total. The van der Waals surface area contributed by atoms with Gasteiger partial charge in [0.1, 0.15) is 0 Å². The first-order chi connectivity index (χ1) is 12.7. The normalized spacial score (nSPS) is 23.5. The summed E-state index contributed by atoms with van der Waals surface area (Å²) in [6.07, 6.45) is 10.3. The second-order valence-electron chi connectivity index (χ2n) is 7.11. The molecule has 2 aromatic rings. The minimum atomic E-state index is -0.427. The summed E-state index contributed by atoms with van der Waals surface area (Å²) < 4.78 is 13.1. The zero-order valence-corrected chi connectivity index (χ0v) is 14.6. The first kappa shape index (κ1) is 16.9. The smallest absolute Gasteiger partial charge is 0.225 e. The van der Waals surface area contributed by atoms with Gasteiger partial charge in [-0.05, 0) is 37.3 Å². The van der Waals surface area contributed by atoms with E-state index in [1.165, 1.54) is 12.4 Å². The quantitative estimate of drug-likeness (QED) is 0.847. The number of carbonyl (C=O) groups excluding carboxylic acids is 1. The maximum absolute atomic E-state index is 13.1. The molecule has 0 aromatic carbocycles. The standard InChI is InChI=1S/C19H22FN5O/c20-16-12-22-18(23-13-16)24-9-2-5-19(7-10-24)6-4-17(26)25(19)14-15-3-1-8-21-11-15/h1,3,8,11-13H,2,4-7,9-10,14H2/t19-/m1/s1. The molecule has 6 nitrogen and oxygen atoms in total. The minimum absolute atomic E-state index is 0.109. The third-order valence-corrected chi connectivity index (χ3v) is 5.55. The highest BCUT2D eigenvalue weighted by Crippen LogP contribution is 2.40. The van der Waals surface area contributed by atoms with Crippen LogP contribution in [0.1, 0.15) is 37.7 Å². The van der Waals surface area contributed by atoms with Crippen LogP contribution in [0, 0.1) is 5.82 Å². The Kier molecular flexibility index (Phi) is 4.53. The van der Waals surface area contributed by atoms with Crippen LogP contribution in [0.25, 0.3) is 0 Å². The second kappa shape index (κ2) is 6.97. The van der Waals surface area contributed by atoms with Crippen molar-refractivity contribution in [1.29, 1.82) is 0 Å². The zero-order valence-electron chi connectivity index (χ0n) is 14.6. The van der Waals surface area contributed by atoms with Gasteiger partial charge in [0.2, 0.25) is 11.9 Å². The Balaban J connectivity index is 1.52. The Labute approximate surface area is 152 Å². The summed E-state index contributed by atoms with van der Waals surface area (Å²) in [5.41, 5.74) is 0.951. The van der Waals surface area contributed by atoms with E-state index in [0.29, 0.717) is 18.9 Å². The van der Waals surface area contributed by atoms with Crippen LogP contribution in [0.3, 0.4) is 0 Å². The lowest BCUT2D eigenvalue weighted by Crippen LogP contribution is -2.46. The van der Waals surface area contributed by atoms with Crippen molar-refractivity contribution in [2.45, 2.75) is 44.2 Å². The van der Waals surface area contributed by atoms with E-state index >= 15 is 0 Å². The van der Waals surface area contributed by atoms with Crippen molar-refractivity contribution in [2.24, 2.45) is 0 Å². The summed E-state index contributed by atoms with van der Waals surface area (Å²) in [6, 6.07) is 3.92. The maximum atomic E-state index is 13.1. The molecule has 2 aliphatic rings. The Morgan fingerprint density at radius 2 is 1.96 bits per heavy atom. The van der Waals surface area contributed by atoms with E-state index in [1.807, 2.05) is 18.3 Å². The average Bonchev–Trinajstić information content (AvgIpc) is 2.84. The van der Waals surface area contributed by atoms with E-state index in [1.54, 1.807) is 6.20 Å². The van der Waals surface area contributed by atoms with Gasteiger partial charge in [-0.1, -0.05) is 6.07 Å². The van der Waals surface area contributed by atoms with Gasteiger partial charge in [-0.3, -0.25) is 9.78 Å². The van der Waals surface area contributed by atoms with Gasteiger partial charge in [-0.25, -0.2) is 14.4 Å². The van der Waals surface area contributed by atoms with Crippen LogP contribution < -0.4 is 4.90 Å². The topological polar surface area (TPSA) is 62.2 Å². The third-order valence-electron chi connectivity index (χ3n) is 5.55. The van der Waals surface area contributed by atoms with E-state index in [0.717, 1.165) is 44.3 Å². The third kappa shape index (κ3) is 3.25. The molecule has 4 rings (SSSR count). The molecule has 1 amide bonds. The molecule has 0 radical (unpaired) electrons. The van der Waals surface area contributed by atoms with E-state index in [2.05, 4.69) is 24.8 Å². The first-order valence-corrected chi connectivity index (χ1v) is 9.08. The van der Waals surface area contributed by atoms with Crippen molar-refractivity contribution < 1.29 is 9.18 Å². The molecule has 0 aliphatic carbocycles. The monoisotopic (exact) mass is 355 g/mol. The second-order valence-corrected chi connectivity index (χ2v) is 7.11. The lowest BCUT2D eigenvalue weighted by Gasteiger charge is -2.38. The molecule has 1 atom stereocenters. The van der Waals surface area contributed by atoms with Crippen molar-refractivity contribution in [3.8, 4) is 0 Å². The molecule has 1 spiro atoms. The van der Waals surface area contributed by atoms with Crippen LogP contribution in [0.4, 0.5) is 10.3 Å². The number of nitrogens with zero attached hydrogens (tertiary/aromatic N) is 5. The fourth-order valence-electron chi connectivity index (χ4n) is 4.17. The van der Waals surface area contributed by atoms with Crippen molar-refractivity contribution in [3.05, 3.63) is 48.3 Å². The van der Waals surface area contributed by atoms with Gasteiger partial charge in [0.05, 0.1) is 12.4 Å². The molecule has 26 heavy (non-hydrogen) atoms. The Morgan fingerprint density at radius 1 is 1.12 bits per heavy atom. The molecule has 2 aromatic heterocycles. The van der Waals surface area contributed by atoms with Crippen LogP contribution in [0.2, 0.25) is 0 Å². The molecule has 2 saturated heterocycles. The fraction of sp³-hybridized carbons (Fsp3) is 0.474. The molecule has 2 fully saturated rings. The van der Waals surface area contributed by atoms with Crippen LogP contribution in [-0.2, 0) is 11.3 Å². The number of aromatic nitrogens is 3. The van der Waals surface area contributed by atoms with Crippen molar-refractivity contribution in [2.75, 3.05) is 18.0 Å². The average molecular weight is 355 g/mol. The van der Waals surface area contributed by atoms with Crippen LogP contribution in [0.5, 0.6) is 0 Å². The van der Waals surface area contributed by atoms with Gasteiger partial charge in [-0.2, -0.15) is 0 Å². The van der Waals surface area contributed by atoms with Crippen LogP contribution in [-0.4, -0.2) is 44.4 Å². The lowest BCUT2D eigenvalue weighted by atomic mass is 9.87. The predicted octanol–water partition coefficient (Wildman–Crippen LogP) is 2.56. The number of halogens is 1. The van der Waals surface area contributed by atoms with Crippen molar-refractivity contribution in [3.63, 3.8) is 0 Å². The fourth-order valence-corrected chi connectivity index (χ4v) is 4.17. The van der Waals surface area contributed by atoms with Gasteiger partial charge < -0.3 is 9.80 Å². The highest BCUT2D eigenvalue weighted by molar-refractivity contribution is 5.79. The van der Waals surface area contributed by atoms with E-state index in [4.69, 9.17) is 0 Å². The molecule has 0 bridgehead atoms. The van der Waals surface area contributed by atoms with E-state index in [9.17, 15) is 9.18 Å². The van der Waals surface area contributed by atoms with Crippen LogP contribution >= 0.6 is 0 Å². The van der Waals surface area contributed by atoms with Gasteiger partial charge in [0.15, 0.2) is 5.82 Å². The molecule has 7 heteroatoms. The Morgan fingerprint density at radius 3 is 2.73 bits per heavy atom. The summed E-state index contributed by atoms with van der Waals surface area (Å²) in [5.74, 6) is 0.357. The van der Waals surface area contributed by atoms with E-state index in [-0.39, 0.29) is 11.4 Å². The number of anilines is 1. The molecule has 4 heterocycles. The summed E-state index contributed by atoms with van der Waals surface area (Å²) in [6.45, 7) is 2.20. The molecular formula is C19H22FN5O. The Hall–Kier alpha value is -2.57. The van der Waals surface area contributed by atoms with Gasteiger partial charge >= 0.3 is 0 Å². The largest absolute Gasteiger partial charge is 0.341 e. The molecular weight excluding hydrogens is 333 g/mol. The summed E-state index contributed by atoms with van der Waals surface area (Å²) in [4.78, 5) is 29.1. The Bertz CT molecular complexity index is 769. The molecule has 0 unspecified atom stereocenters. The van der Waals surface area contributed by atoms with E-state index < -0.39 is 5.82 Å². The van der Waals surface area contributed by atoms with Gasteiger partial charge in [-0.15, -0.1) is 0 Å². The lowest BCUT2D eigenvalue weighted by molar-refractivity contribution is -0.132. The predicted molar refractivity (Wildman–Crippen MR) is 94.8 cm³/mol. The number of pyridine rings is 1. The number of hydrogen-bond donors (Lipinski definition) is 0. The summed E-state index contributed by atoms with van der Waals surface area (Å²) in [7, 11) is 0. The summed E-state index contributed by atoms with van der Waals surface area (Å²) in [5, 5.41) is 0. The van der Waals surface area contributed by atoms with Crippen LogP contribution in [0.15, 0.2) is 36.9 Å². The highest BCUT2D eigenvalue weighted by atomic mass is 19.1. The minimum Gasteiger partial charge on any atom is -0.341 e. The SMILES string of the molecule is O=C1CC[C@@]2(CCCN(c3ncc(F)cn3)CC2)N1Cc1cccnc1. The van der Waals surface area contributed by atoms with Gasteiger partial charge in [0, 0.05) is 44.0 Å². The number of hydrogen-bond acceptors (Lipinski definition) is 5. The molecule has 136 valence electrons. The van der Waals surface area contributed by atoms with Gasteiger partial charge in [0.25, 0.3) is 0 Å². The van der Waals surface area contributed by atoms with Crippen molar-refractivity contribution in [1.82, 2.24) is 19.9 Å². The van der Waals surface area contributed by atoms with Crippen molar-refractivity contribution >= 4 is 11.9 Å². The number of amides is 1. The highest BCUT2D eigenvalue weighted by Gasteiger charge is 2.45.